The van der Waals surface area contributed by atoms with Crippen LogP contribution in [0.1, 0.15) is 118 Å². The molecule has 0 aromatic carbocycles. The number of carbonyl (C=O) groups excluding carboxylic acids is 1. The second-order valence-corrected chi connectivity index (χ2v) is 14.3. The first-order chi connectivity index (χ1) is 15.6. The second-order valence-electron chi connectivity index (χ2n) is 14.3. The molecule has 7 atom stereocenters. The van der Waals surface area contributed by atoms with Gasteiger partial charge in [0.15, 0.2) is 0 Å². The van der Waals surface area contributed by atoms with Gasteiger partial charge in [0.2, 0.25) is 5.91 Å². The molecule has 1 aliphatic heterocycles. The number of nitrogens with zero attached hydrogens (tertiary/aromatic N) is 1. The molecule has 0 aromatic rings. The minimum Gasteiger partial charge on any atom is -0.343 e. The fourth-order valence-corrected chi connectivity index (χ4v) is 9.75. The van der Waals surface area contributed by atoms with Crippen molar-refractivity contribution in [1.29, 1.82) is 0 Å². The monoisotopic (exact) mass is 453 g/mol. The maximum Gasteiger partial charge on any atom is 0.222 e. The number of carbonyl (C=O) groups is 1. The Bertz CT molecular complexity index is 772. The maximum atomic E-state index is 13.0. The van der Waals surface area contributed by atoms with Crippen molar-refractivity contribution in [3.63, 3.8) is 0 Å². The lowest BCUT2D eigenvalue weighted by Crippen LogP contribution is -2.50. The molecule has 3 saturated carbocycles. The molecule has 0 N–H and O–H groups in total. The van der Waals surface area contributed by atoms with E-state index in [0.717, 1.165) is 62.4 Å². The number of rotatable bonds is 4. The number of fused-ring (bicyclic) bond motifs is 5. The number of piperidine rings is 1. The van der Waals surface area contributed by atoms with Crippen LogP contribution >= 0.6 is 0 Å². The quantitative estimate of drug-likeness (QED) is 0.395. The van der Waals surface area contributed by atoms with E-state index in [1.165, 1.54) is 57.8 Å². The van der Waals surface area contributed by atoms with E-state index in [9.17, 15) is 4.79 Å². The molecule has 0 radical (unpaired) electrons. The molecule has 1 saturated heterocycles. The highest BCUT2D eigenvalue weighted by Crippen LogP contribution is 2.67. The Balaban J connectivity index is 1.21. The van der Waals surface area contributed by atoms with Gasteiger partial charge in [-0.3, -0.25) is 4.79 Å². The third-order valence-electron chi connectivity index (χ3n) is 12.1. The van der Waals surface area contributed by atoms with E-state index in [0.29, 0.717) is 28.1 Å². The molecule has 1 heterocycles. The van der Waals surface area contributed by atoms with Gasteiger partial charge in [-0.25, -0.2) is 0 Å². The van der Waals surface area contributed by atoms with Gasteiger partial charge in [0.25, 0.3) is 0 Å². The fraction of sp³-hybridized carbons (Fsp3) is 0.903. The van der Waals surface area contributed by atoms with Crippen molar-refractivity contribution >= 4 is 5.91 Å². The Kier molecular flexibility index (Phi) is 6.31. The van der Waals surface area contributed by atoms with E-state index in [1.54, 1.807) is 0 Å². The summed E-state index contributed by atoms with van der Waals surface area (Å²) in [7, 11) is 0. The zero-order valence-electron chi connectivity index (χ0n) is 22.4. The van der Waals surface area contributed by atoms with Gasteiger partial charge < -0.3 is 4.90 Å². The van der Waals surface area contributed by atoms with Crippen LogP contribution in [0.5, 0.6) is 0 Å². The van der Waals surface area contributed by atoms with Crippen molar-refractivity contribution in [3.8, 4) is 0 Å². The van der Waals surface area contributed by atoms with Crippen molar-refractivity contribution in [2.24, 2.45) is 45.8 Å². The molecule has 5 rings (SSSR count). The highest BCUT2D eigenvalue weighted by Gasteiger charge is 2.58. The lowest BCUT2D eigenvalue weighted by molar-refractivity contribution is -0.133. The molecule has 7 unspecified atom stereocenters. The van der Waals surface area contributed by atoms with Gasteiger partial charge in [0.05, 0.1) is 0 Å². The van der Waals surface area contributed by atoms with Crippen LogP contribution in [-0.4, -0.2) is 23.9 Å². The van der Waals surface area contributed by atoms with Crippen molar-refractivity contribution in [2.45, 2.75) is 118 Å². The lowest BCUT2D eigenvalue weighted by Gasteiger charge is -2.58. The summed E-state index contributed by atoms with van der Waals surface area (Å²) in [6.45, 7) is 14.4. The fourth-order valence-electron chi connectivity index (χ4n) is 9.75. The van der Waals surface area contributed by atoms with Gasteiger partial charge in [0, 0.05) is 19.5 Å². The van der Waals surface area contributed by atoms with Gasteiger partial charge in [-0.15, -0.1) is 0 Å². The smallest absolute Gasteiger partial charge is 0.222 e. The third kappa shape index (κ3) is 4.14. The standard InChI is InChI=1S/C31H51NO/c1-22(9-14-28(33)32-20-18-29(2,3)19-21-32)25-12-13-26-24-11-10-23-8-6-7-16-30(23,4)27(24)15-17-31(25,26)5/h10,22,24-27H,6-9,11-21H2,1-5H3. The molecule has 1 amide bonds. The molecule has 186 valence electrons. The molecule has 0 spiro atoms. The predicted octanol–water partition coefficient (Wildman–Crippen LogP) is 8.02. The number of allylic oxidation sites excluding steroid dienone is 2. The summed E-state index contributed by atoms with van der Waals surface area (Å²) in [5, 5.41) is 0. The molecule has 0 aromatic heterocycles. The second kappa shape index (κ2) is 8.70. The Labute approximate surface area is 204 Å². The van der Waals surface area contributed by atoms with Crippen LogP contribution in [-0.2, 0) is 4.79 Å². The van der Waals surface area contributed by atoms with E-state index in [2.05, 4.69) is 45.6 Å². The van der Waals surface area contributed by atoms with Crippen LogP contribution < -0.4 is 0 Å². The summed E-state index contributed by atoms with van der Waals surface area (Å²) < 4.78 is 0. The van der Waals surface area contributed by atoms with Crippen LogP contribution in [0.25, 0.3) is 0 Å². The normalized spacial score (nSPS) is 43.2. The molecule has 2 nitrogen and oxygen atoms in total. The first kappa shape index (κ1) is 23.9. The molecule has 2 heteroatoms. The zero-order valence-corrected chi connectivity index (χ0v) is 22.4. The van der Waals surface area contributed by atoms with Crippen molar-refractivity contribution in [2.75, 3.05) is 13.1 Å². The van der Waals surface area contributed by atoms with Crippen molar-refractivity contribution in [3.05, 3.63) is 11.6 Å². The van der Waals surface area contributed by atoms with Gasteiger partial charge in [-0.1, -0.05) is 52.7 Å². The summed E-state index contributed by atoms with van der Waals surface area (Å²) >= 11 is 0. The average molecular weight is 454 g/mol. The average Bonchev–Trinajstić information content (AvgIpc) is 3.14. The molecule has 33 heavy (non-hydrogen) atoms. The molecular formula is C31H51NO. The van der Waals surface area contributed by atoms with Crippen LogP contribution in [0, 0.1) is 45.8 Å². The highest BCUT2D eigenvalue weighted by molar-refractivity contribution is 5.76. The van der Waals surface area contributed by atoms with E-state index in [4.69, 9.17) is 0 Å². The molecule has 4 fully saturated rings. The van der Waals surface area contributed by atoms with Gasteiger partial charge >= 0.3 is 0 Å². The van der Waals surface area contributed by atoms with Crippen molar-refractivity contribution < 1.29 is 4.79 Å². The van der Waals surface area contributed by atoms with E-state index < -0.39 is 0 Å². The summed E-state index contributed by atoms with van der Waals surface area (Å²) in [5.41, 5.74) is 3.28. The predicted molar refractivity (Wildman–Crippen MR) is 138 cm³/mol. The summed E-state index contributed by atoms with van der Waals surface area (Å²) in [4.78, 5) is 15.1. The number of hydrogen-bond donors (Lipinski definition) is 0. The summed E-state index contributed by atoms with van der Waals surface area (Å²) in [6.07, 6.45) is 19.7. The number of hydrogen-bond acceptors (Lipinski definition) is 1. The van der Waals surface area contributed by atoms with Gasteiger partial charge in [-0.05, 0) is 116 Å². The highest BCUT2D eigenvalue weighted by atomic mass is 16.2. The van der Waals surface area contributed by atoms with Crippen LogP contribution in [0.2, 0.25) is 0 Å². The SMILES string of the molecule is CC(CCC(=O)N1CCC(C)(C)CC1)C1CCC2C3CC=C4CCCCC4(C)C3CCC12C. The largest absolute Gasteiger partial charge is 0.343 e. The minimum absolute atomic E-state index is 0.417. The third-order valence-corrected chi connectivity index (χ3v) is 12.1. The van der Waals surface area contributed by atoms with E-state index >= 15 is 0 Å². The van der Waals surface area contributed by atoms with Crippen LogP contribution in [0.4, 0.5) is 0 Å². The minimum atomic E-state index is 0.417. The van der Waals surface area contributed by atoms with Crippen LogP contribution in [0.15, 0.2) is 11.6 Å². The van der Waals surface area contributed by atoms with E-state index in [-0.39, 0.29) is 0 Å². The molecular weight excluding hydrogens is 402 g/mol. The Morgan fingerprint density at radius 1 is 1.00 bits per heavy atom. The maximum absolute atomic E-state index is 13.0. The molecule has 4 aliphatic carbocycles. The molecule has 5 aliphatic rings. The van der Waals surface area contributed by atoms with Gasteiger partial charge in [-0.2, -0.15) is 0 Å². The first-order valence-corrected chi connectivity index (χ1v) is 14.6. The zero-order chi connectivity index (χ0) is 23.4. The lowest BCUT2D eigenvalue weighted by atomic mass is 9.47. The first-order valence-electron chi connectivity index (χ1n) is 14.6. The molecule has 0 bridgehead atoms. The van der Waals surface area contributed by atoms with E-state index in [1.807, 2.05) is 5.57 Å². The topological polar surface area (TPSA) is 20.3 Å². The Hall–Kier alpha value is -0.790. The summed E-state index contributed by atoms with van der Waals surface area (Å²) in [6, 6.07) is 0. The van der Waals surface area contributed by atoms with Crippen molar-refractivity contribution in [1.82, 2.24) is 4.90 Å². The van der Waals surface area contributed by atoms with Crippen LogP contribution in [0.3, 0.4) is 0 Å². The Morgan fingerprint density at radius 3 is 2.52 bits per heavy atom. The number of amides is 1. The van der Waals surface area contributed by atoms with Gasteiger partial charge in [0.1, 0.15) is 0 Å². The number of likely N-dealkylation sites (tertiary alicyclic amines) is 1. The Morgan fingerprint density at radius 2 is 1.76 bits per heavy atom. The summed E-state index contributed by atoms with van der Waals surface area (Å²) in [5.74, 6) is 4.71.